The maximum atomic E-state index is 11.5. The van der Waals surface area contributed by atoms with Crippen LogP contribution in [-0.2, 0) is 4.79 Å². The van der Waals surface area contributed by atoms with Gasteiger partial charge in [0, 0.05) is 31.0 Å². The van der Waals surface area contributed by atoms with E-state index >= 15 is 0 Å². The zero-order chi connectivity index (χ0) is 10.6. The first kappa shape index (κ1) is 10.9. The molecule has 0 spiro atoms. The van der Waals surface area contributed by atoms with Gasteiger partial charge in [0.1, 0.15) is 0 Å². The van der Waals surface area contributed by atoms with Gasteiger partial charge in [-0.25, -0.2) is 0 Å². The van der Waals surface area contributed by atoms with E-state index in [-0.39, 0.29) is 11.8 Å². The second kappa shape index (κ2) is 4.86. The smallest absolute Gasteiger partial charge is 0.222 e. The van der Waals surface area contributed by atoms with Gasteiger partial charge in [-0.15, -0.1) is 0 Å². The Morgan fingerprint density at radius 3 is 3.00 bits per heavy atom. The number of azide groups is 1. The van der Waals surface area contributed by atoms with Crippen LogP contribution in [0.5, 0.6) is 0 Å². The average Bonchev–Trinajstić information content (AvgIpc) is 2.43. The molecule has 78 valence electrons. The summed E-state index contributed by atoms with van der Waals surface area (Å²) < 4.78 is 0. The van der Waals surface area contributed by atoms with Crippen molar-refractivity contribution < 1.29 is 4.79 Å². The quantitative estimate of drug-likeness (QED) is 0.384. The van der Waals surface area contributed by atoms with Gasteiger partial charge in [-0.3, -0.25) is 4.79 Å². The topological polar surface area (TPSA) is 69.1 Å². The molecule has 1 fully saturated rings. The summed E-state index contributed by atoms with van der Waals surface area (Å²) in [5.41, 5.74) is 8.16. The Bertz CT molecular complexity index is 258. The van der Waals surface area contributed by atoms with Gasteiger partial charge in [-0.1, -0.05) is 19.0 Å². The number of amides is 1. The van der Waals surface area contributed by atoms with Crippen molar-refractivity contribution in [1.82, 2.24) is 4.90 Å². The molecule has 5 nitrogen and oxygen atoms in total. The molecule has 0 N–H and O–H groups in total. The van der Waals surface area contributed by atoms with E-state index in [1.165, 1.54) is 0 Å². The lowest BCUT2D eigenvalue weighted by atomic mass is 10.1. The van der Waals surface area contributed by atoms with Crippen LogP contribution in [0.3, 0.4) is 0 Å². The molecule has 1 heterocycles. The molecule has 1 unspecified atom stereocenters. The Balaban J connectivity index is 2.43. The van der Waals surface area contributed by atoms with Crippen LogP contribution < -0.4 is 0 Å². The molecule has 1 aliphatic rings. The summed E-state index contributed by atoms with van der Waals surface area (Å²) in [5, 5.41) is 3.50. The number of likely N-dealkylation sites (tertiary alicyclic amines) is 1. The monoisotopic (exact) mass is 196 g/mol. The predicted molar refractivity (Wildman–Crippen MR) is 53.5 cm³/mol. The highest BCUT2D eigenvalue weighted by atomic mass is 16.2. The lowest BCUT2D eigenvalue weighted by Crippen LogP contribution is -2.29. The van der Waals surface area contributed by atoms with Crippen molar-refractivity contribution in [2.75, 3.05) is 19.6 Å². The van der Waals surface area contributed by atoms with Crippen molar-refractivity contribution in [2.24, 2.45) is 17.0 Å². The van der Waals surface area contributed by atoms with Gasteiger partial charge >= 0.3 is 0 Å². The van der Waals surface area contributed by atoms with Gasteiger partial charge in [0.05, 0.1) is 0 Å². The van der Waals surface area contributed by atoms with E-state index in [2.05, 4.69) is 23.9 Å². The molecule has 5 heteroatoms. The van der Waals surface area contributed by atoms with Gasteiger partial charge < -0.3 is 4.90 Å². The van der Waals surface area contributed by atoms with E-state index in [9.17, 15) is 4.79 Å². The summed E-state index contributed by atoms with van der Waals surface area (Å²) in [6.45, 7) is 6.18. The number of nitrogens with zero attached hydrogens (tertiary/aromatic N) is 4. The number of carbonyl (C=O) groups is 1. The fourth-order valence-electron chi connectivity index (χ4n) is 1.75. The van der Waals surface area contributed by atoms with Crippen LogP contribution >= 0.6 is 0 Å². The summed E-state index contributed by atoms with van der Waals surface area (Å²) in [6, 6.07) is 0. The van der Waals surface area contributed by atoms with Crippen LogP contribution in [0.15, 0.2) is 5.11 Å². The summed E-state index contributed by atoms with van der Waals surface area (Å²) in [6.07, 6.45) is 0.533. The normalized spacial score (nSPS) is 21.5. The molecular weight excluding hydrogens is 180 g/mol. The summed E-state index contributed by atoms with van der Waals surface area (Å²) in [4.78, 5) is 16.0. The molecule has 0 aromatic heterocycles. The zero-order valence-corrected chi connectivity index (χ0v) is 8.68. The highest BCUT2D eigenvalue weighted by Gasteiger charge is 2.28. The Kier molecular flexibility index (Phi) is 3.77. The van der Waals surface area contributed by atoms with Crippen LogP contribution in [0.2, 0.25) is 0 Å². The minimum absolute atomic E-state index is 0.192. The van der Waals surface area contributed by atoms with Gasteiger partial charge in [0.2, 0.25) is 5.91 Å². The molecule has 1 aliphatic heterocycles. The Labute approximate surface area is 83.7 Å². The Hall–Kier alpha value is -1.22. The van der Waals surface area contributed by atoms with E-state index in [0.717, 1.165) is 13.1 Å². The van der Waals surface area contributed by atoms with E-state index < -0.39 is 0 Å². The minimum Gasteiger partial charge on any atom is -0.342 e. The second-order valence-corrected chi connectivity index (χ2v) is 4.18. The highest BCUT2D eigenvalue weighted by molar-refractivity contribution is 5.78. The molecular formula is C9H16N4O. The van der Waals surface area contributed by atoms with Crippen LogP contribution in [0, 0.1) is 11.8 Å². The maximum absolute atomic E-state index is 11.5. The molecule has 1 rings (SSSR count). The SMILES string of the molecule is CC(C)CN1CC(CN=[N+]=[N-])CC1=O. The van der Waals surface area contributed by atoms with Gasteiger partial charge in [-0.2, -0.15) is 0 Å². The van der Waals surface area contributed by atoms with Crippen LogP contribution in [-0.4, -0.2) is 30.4 Å². The summed E-state index contributed by atoms with van der Waals surface area (Å²) >= 11 is 0. The van der Waals surface area contributed by atoms with Crippen LogP contribution in [0.25, 0.3) is 10.4 Å². The first-order chi connectivity index (χ1) is 6.63. The van der Waals surface area contributed by atoms with Crippen LogP contribution in [0.4, 0.5) is 0 Å². The Morgan fingerprint density at radius 2 is 2.43 bits per heavy atom. The van der Waals surface area contributed by atoms with Crippen LogP contribution in [0.1, 0.15) is 20.3 Å². The fraction of sp³-hybridized carbons (Fsp3) is 0.889. The third-order valence-electron chi connectivity index (χ3n) is 2.28. The summed E-state index contributed by atoms with van der Waals surface area (Å²) in [5.74, 6) is 0.908. The third kappa shape index (κ3) is 2.92. The van der Waals surface area contributed by atoms with Gasteiger partial charge in [0.25, 0.3) is 0 Å². The van der Waals surface area contributed by atoms with Gasteiger partial charge in [-0.05, 0) is 17.4 Å². The second-order valence-electron chi connectivity index (χ2n) is 4.18. The molecule has 1 atom stereocenters. The largest absolute Gasteiger partial charge is 0.342 e. The van der Waals surface area contributed by atoms with Crippen molar-refractivity contribution in [3.63, 3.8) is 0 Å². The minimum atomic E-state index is 0.192. The zero-order valence-electron chi connectivity index (χ0n) is 8.68. The fourth-order valence-corrected chi connectivity index (χ4v) is 1.75. The third-order valence-corrected chi connectivity index (χ3v) is 2.28. The van der Waals surface area contributed by atoms with E-state index in [4.69, 9.17) is 5.53 Å². The molecule has 0 saturated carbocycles. The predicted octanol–water partition coefficient (Wildman–Crippen LogP) is 1.80. The Morgan fingerprint density at radius 1 is 1.71 bits per heavy atom. The standard InChI is InChI=1S/C9H16N4O/c1-7(2)5-13-6-8(3-9(13)14)4-11-12-10/h7-8H,3-6H2,1-2H3. The molecule has 0 aromatic carbocycles. The number of rotatable bonds is 4. The first-order valence-corrected chi connectivity index (χ1v) is 4.92. The number of hydrogen-bond donors (Lipinski definition) is 0. The molecule has 1 saturated heterocycles. The summed E-state index contributed by atoms with van der Waals surface area (Å²) in [7, 11) is 0. The molecule has 1 amide bonds. The molecule has 0 bridgehead atoms. The highest BCUT2D eigenvalue weighted by Crippen LogP contribution is 2.19. The average molecular weight is 196 g/mol. The van der Waals surface area contributed by atoms with E-state index in [1.807, 2.05) is 4.90 Å². The van der Waals surface area contributed by atoms with Crippen molar-refractivity contribution in [3.05, 3.63) is 10.4 Å². The molecule has 0 aliphatic carbocycles. The number of carbonyl (C=O) groups excluding carboxylic acids is 1. The van der Waals surface area contributed by atoms with E-state index in [1.54, 1.807) is 0 Å². The lowest BCUT2D eigenvalue weighted by Gasteiger charge is -2.18. The van der Waals surface area contributed by atoms with Crippen molar-refractivity contribution >= 4 is 5.91 Å². The van der Waals surface area contributed by atoms with E-state index in [0.29, 0.717) is 18.9 Å². The number of hydrogen-bond acceptors (Lipinski definition) is 2. The molecule has 0 radical (unpaired) electrons. The molecule has 0 aromatic rings. The van der Waals surface area contributed by atoms with Crippen molar-refractivity contribution in [2.45, 2.75) is 20.3 Å². The maximum Gasteiger partial charge on any atom is 0.222 e. The van der Waals surface area contributed by atoms with Crippen molar-refractivity contribution in [1.29, 1.82) is 0 Å². The first-order valence-electron chi connectivity index (χ1n) is 4.92. The van der Waals surface area contributed by atoms with Gasteiger partial charge in [0.15, 0.2) is 0 Å². The van der Waals surface area contributed by atoms with Crippen molar-refractivity contribution in [3.8, 4) is 0 Å². The molecule has 14 heavy (non-hydrogen) atoms. The lowest BCUT2D eigenvalue weighted by molar-refractivity contribution is -0.128.